The molecule has 0 aliphatic carbocycles. The Morgan fingerprint density at radius 2 is 2.12 bits per heavy atom. The van der Waals surface area contributed by atoms with Gasteiger partial charge in [0.05, 0.1) is 0 Å². The van der Waals surface area contributed by atoms with E-state index >= 15 is 0 Å². The molecule has 2 aromatic heterocycles. The molecule has 6 nitrogen and oxygen atoms in total. The summed E-state index contributed by atoms with van der Waals surface area (Å²) in [5.41, 5.74) is 0.465. The summed E-state index contributed by atoms with van der Waals surface area (Å²) in [6.07, 6.45) is 0. The number of hydrogen-bond acceptors (Lipinski definition) is 4. The Balaban J connectivity index is 2.65. The number of nitrogens with one attached hydrogen (secondary N) is 1. The van der Waals surface area contributed by atoms with Crippen molar-refractivity contribution in [2.24, 2.45) is 7.05 Å². The van der Waals surface area contributed by atoms with Crippen LogP contribution < -0.4 is 5.56 Å². The lowest BCUT2D eigenvalue weighted by molar-refractivity contribution is 0.593. The fourth-order valence-corrected chi connectivity index (χ4v) is 1.93. The molecule has 0 amide bonds. The van der Waals surface area contributed by atoms with E-state index in [-0.39, 0.29) is 11.6 Å². The van der Waals surface area contributed by atoms with Gasteiger partial charge in [-0.3, -0.25) is 14.5 Å². The van der Waals surface area contributed by atoms with E-state index in [4.69, 9.17) is 12.2 Å². The van der Waals surface area contributed by atoms with E-state index in [0.717, 1.165) is 0 Å². The highest BCUT2D eigenvalue weighted by Gasteiger charge is 2.13. The van der Waals surface area contributed by atoms with Crippen LogP contribution >= 0.6 is 12.2 Å². The van der Waals surface area contributed by atoms with Gasteiger partial charge in [0.1, 0.15) is 5.69 Å². The average Bonchev–Trinajstić information content (AvgIpc) is 2.64. The van der Waals surface area contributed by atoms with Crippen LogP contribution in [-0.2, 0) is 7.05 Å². The monoisotopic (exact) mass is 251 g/mol. The fourth-order valence-electron chi connectivity index (χ4n) is 1.59. The number of hydrogen-bond donors (Lipinski definition) is 1. The second kappa shape index (κ2) is 4.25. The zero-order chi connectivity index (χ0) is 12.6. The smallest absolute Gasteiger partial charge is 0.266 e. The van der Waals surface area contributed by atoms with Crippen LogP contribution in [0.3, 0.4) is 0 Å². The molecule has 0 aromatic carbocycles. The van der Waals surface area contributed by atoms with Crippen LogP contribution in [0.1, 0.15) is 19.9 Å². The van der Waals surface area contributed by atoms with E-state index < -0.39 is 0 Å². The van der Waals surface area contributed by atoms with Crippen LogP contribution in [0.15, 0.2) is 16.9 Å². The van der Waals surface area contributed by atoms with Crippen LogP contribution in [0.4, 0.5) is 0 Å². The highest BCUT2D eigenvalue weighted by Crippen LogP contribution is 2.17. The second-order valence-electron chi connectivity index (χ2n) is 4.00. The van der Waals surface area contributed by atoms with Crippen LogP contribution in [0.5, 0.6) is 0 Å². The first kappa shape index (κ1) is 11.7. The zero-order valence-corrected chi connectivity index (χ0v) is 10.7. The molecule has 2 heterocycles. The molecule has 0 radical (unpaired) electrons. The third kappa shape index (κ3) is 2.05. The molecule has 0 bridgehead atoms. The van der Waals surface area contributed by atoms with E-state index in [1.807, 2.05) is 18.4 Å². The lowest BCUT2D eigenvalue weighted by Crippen LogP contribution is -2.19. The van der Waals surface area contributed by atoms with Gasteiger partial charge in [0, 0.05) is 19.2 Å². The van der Waals surface area contributed by atoms with E-state index in [1.54, 1.807) is 13.1 Å². The van der Waals surface area contributed by atoms with Crippen molar-refractivity contribution in [2.45, 2.75) is 19.9 Å². The fraction of sp³-hybridized carbons (Fsp3) is 0.400. The molecule has 0 aliphatic rings. The predicted molar refractivity (Wildman–Crippen MR) is 66.3 cm³/mol. The molecular formula is C10H13N5OS. The average molecular weight is 251 g/mol. The minimum Gasteiger partial charge on any atom is -0.296 e. The Hall–Kier alpha value is -1.76. The van der Waals surface area contributed by atoms with E-state index in [0.29, 0.717) is 16.3 Å². The molecule has 0 saturated carbocycles. The van der Waals surface area contributed by atoms with Crippen LogP contribution in [-0.4, -0.2) is 24.5 Å². The van der Waals surface area contributed by atoms with Gasteiger partial charge >= 0.3 is 0 Å². The third-order valence-electron chi connectivity index (χ3n) is 2.41. The minimum atomic E-state index is -0.154. The van der Waals surface area contributed by atoms with Crippen molar-refractivity contribution in [3.8, 4) is 11.5 Å². The summed E-state index contributed by atoms with van der Waals surface area (Å²) in [4.78, 5) is 11.3. The standard InChI is InChI=1S/C10H13N5OS/c1-6(2)15-9(11-12-10(15)17)7-4-5-8(16)14(3)13-7/h4-6H,1-3H3,(H,12,17). The van der Waals surface area contributed by atoms with Crippen molar-refractivity contribution < 1.29 is 0 Å². The second-order valence-corrected chi connectivity index (χ2v) is 4.38. The normalized spacial score (nSPS) is 11.1. The summed E-state index contributed by atoms with van der Waals surface area (Å²) in [7, 11) is 1.60. The Labute approximate surface area is 103 Å². The van der Waals surface area contributed by atoms with Crippen molar-refractivity contribution in [2.75, 3.05) is 0 Å². The van der Waals surface area contributed by atoms with Crippen molar-refractivity contribution >= 4 is 12.2 Å². The van der Waals surface area contributed by atoms with Gasteiger partial charge in [-0.2, -0.15) is 10.2 Å². The highest BCUT2D eigenvalue weighted by atomic mass is 32.1. The number of H-pyrrole nitrogens is 1. The summed E-state index contributed by atoms with van der Waals surface area (Å²) in [5.74, 6) is 0.639. The van der Waals surface area contributed by atoms with Gasteiger partial charge in [-0.15, -0.1) is 0 Å². The molecule has 7 heteroatoms. The first-order valence-electron chi connectivity index (χ1n) is 5.22. The summed E-state index contributed by atoms with van der Waals surface area (Å²) in [6, 6.07) is 3.28. The van der Waals surface area contributed by atoms with Crippen molar-refractivity contribution in [3.05, 3.63) is 27.3 Å². The molecule has 0 aliphatic heterocycles. The van der Waals surface area contributed by atoms with Crippen molar-refractivity contribution in [1.29, 1.82) is 0 Å². The number of nitrogens with zero attached hydrogens (tertiary/aromatic N) is 4. The van der Waals surface area contributed by atoms with Gasteiger partial charge in [0.2, 0.25) is 0 Å². The summed E-state index contributed by atoms with van der Waals surface area (Å²) >= 11 is 5.16. The highest BCUT2D eigenvalue weighted by molar-refractivity contribution is 7.71. The van der Waals surface area contributed by atoms with Crippen molar-refractivity contribution in [1.82, 2.24) is 24.5 Å². The lowest BCUT2D eigenvalue weighted by atomic mass is 10.3. The number of aromatic nitrogens is 5. The zero-order valence-electron chi connectivity index (χ0n) is 9.84. The number of rotatable bonds is 2. The van der Waals surface area contributed by atoms with Crippen LogP contribution in [0, 0.1) is 4.77 Å². The SMILES string of the molecule is CC(C)n1c(-c2ccc(=O)n(C)n2)n[nH]c1=S. The largest absolute Gasteiger partial charge is 0.296 e. The van der Waals surface area contributed by atoms with Gasteiger partial charge < -0.3 is 0 Å². The molecule has 0 saturated heterocycles. The predicted octanol–water partition coefficient (Wildman–Crippen LogP) is 1.28. The topological polar surface area (TPSA) is 68.5 Å². The molecular weight excluding hydrogens is 238 g/mol. The van der Waals surface area contributed by atoms with E-state index in [1.165, 1.54) is 10.7 Å². The molecule has 1 N–H and O–H groups in total. The Morgan fingerprint density at radius 1 is 1.41 bits per heavy atom. The number of aryl methyl sites for hydroxylation is 1. The quantitative estimate of drug-likeness (QED) is 0.816. The molecule has 17 heavy (non-hydrogen) atoms. The van der Waals surface area contributed by atoms with Crippen LogP contribution in [0.2, 0.25) is 0 Å². The van der Waals surface area contributed by atoms with Gasteiger partial charge in [-0.1, -0.05) is 0 Å². The summed E-state index contributed by atoms with van der Waals surface area (Å²) in [5, 5.41) is 11.0. The molecule has 0 unspecified atom stereocenters. The van der Waals surface area contributed by atoms with Gasteiger partial charge in [0.15, 0.2) is 10.6 Å². The maximum Gasteiger partial charge on any atom is 0.266 e. The van der Waals surface area contributed by atoms with Gasteiger partial charge in [-0.05, 0) is 32.1 Å². The first-order chi connectivity index (χ1) is 8.00. The summed E-state index contributed by atoms with van der Waals surface area (Å²) < 4.78 is 3.69. The van der Waals surface area contributed by atoms with E-state index in [2.05, 4.69) is 15.3 Å². The van der Waals surface area contributed by atoms with E-state index in [9.17, 15) is 4.79 Å². The molecule has 2 aromatic rings. The van der Waals surface area contributed by atoms with Gasteiger partial charge in [0.25, 0.3) is 5.56 Å². The Bertz CT molecular complexity index is 651. The first-order valence-corrected chi connectivity index (χ1v) is 5.63. The molecule has 90 valence electrons. The third-order valence-corrected chi connectivity index (χ3v) is 2.70. The Kier molecular flexibility index (Phi) is 2.93. The van der Waals surface area contributed by atoms with Crippen molar-refractivity contribution in [3.63, 3.8) is 0 Å². The molecule has 0 fully saturated rings. The van der Waals surface area contributed by atoms with Crippen LogP contribution in [0.25, 0.3) is 11.5 Å². The maximum atomic E-state index is 11.3. The molecule has 0 spiro atoms. The summed E-state index contributed by atoms with van der Waals surface area (Å²) in [6.45, 7) is 4.02. The van der Waals surface area contributed by atoms with Gasteiger partial charge in [-0.25, -0.2) is 4.68 Å². The number of aromatic amines is 1. The maximum absolute atomic E-state index is 11.3. The Morgan fingerprint density at radius 3 is 2.71 bits per heavy atom. The molecule has 0 atom stereocenters. The lowest BCUT2D eigenvalue weighted by Gasteiger charge is -2.09. The molecule has 2 rings (SSSR count). The minimum absolute atomic E-state index is 0.154.